The molecular weight excluding hydrogens is 516 g/mol. The number of pyridine rings is 1. The van der Waals surface area contributed by atoms with E-state index in [9.17, 15) is 9.59 Å². The van der Waals surface area contributed by atoms with Gasteiger partial charge in [-0.05, 0) is 61.1 Å². The van der Waals surface area contributed by atoms with Crippen molar-refractivity contribution in [2.75, 3.05) is 10.2 Å². The third-order valence-electron chi connectivity index (χ3n) is 7.24. The second-order valence-corrected chi connectivity index (χ2v) is 10.1. The number of carbonyl (C=O) groups is 2. The van der Waals surface area contributed by atoms with Gasteiger partial charge in [-0.1, -0.05) is 42.5 Å². The Morgan fingerprint density at radius 2 is 1.73 bits per heavy atom. The summed E-state index contributed by atoms with van der Waals surface area (Å²) in [6.07, 6.45) is 8.46. The molecule has 0 atom stereocenters. The van der Waals surface area contributed by atoms with Gasteiger partial charge < -0.3 is 16.4 Å². The van der Waals surface area contributed by atoms with Crippen LogP contribution in [-0.4, -0.2) is 38.8 Å². The van der Waals surface area contributed by atoms with Gasteiger partial charge in [0.2, 0.25) is 5.91 Å². The normalized spacial score (nSPS) is 16.4. The molecule has 0 saturated heterocycles. The highest BCUT2D eigenvalue weighted by molar-refractivity contribution is 5.93. The third-order valence-corrected chi connectivity index (χ3v) is 7.24. The van der Waals surface area contributed by atoms with Crippen LogP contribution >= 0.6 is 0 Å². The van der Waals surface area contributed by atoms with Crippen LogP contribution in [0.5, 0.6) is 0 Å². The molecule has 1 fully saturated rings. The van der Waals surface area contributed by atoms with Gasteiger partial charge in [-0.3, -0.25) is 14.4 Å². The molecule has 10 heteroatoms. The highest BCUT2D eigenvalue weighted by atomic mass is 16.2. The summed E-state index contributed by atoms with van der Waals surface area (Å²) in [4.78, 5) is 31.1. The first-order chi connectivity index (χ1) is 20.0. The molecule has 5 rings (SSSR count). The summed E-state index contributed by atoms with van der Waals surface area (Å²) in [5, 5.41) is 19.8. The van der Waals surface area contributed by atoms with E-state index in [1.165, 1.54) is 4.68 Å². The molecule has 4 N–H and O–H groups in total. The Morgan fingerprint density at radius 1 is 0.976 bits per heavy atom. The van der Waals surface area contributed by atoms with Gasteiger partial charge in [-0.25, -0.2) is 9.78 Å². The van der Waals surface area contributed by atoms with E-state index in [0.29, 0.717) is 12.1 Å². The molecule has 41 heavy (non-hydrogen) atoms. The number of nitriles is 1. The van der Waals surface area contributed by atoms with Gasteiger partial charge in [0, 0.05) is 42.3 Å². The second-order valence-electron chi connectivity index (χ2n) is 10.1. The van der Waals surface area contributed by atoms with Crippen LogP contribution in [0, 0.1) is 11.3 Å². The minimum absolute atomic E-state index is 0.0201. The fourth-order valence-corrected chi connectivity index (χ4v) is 5.16. The van der Waals surface area contributed by atoms with Gasteiger partial charge in [0.15, 0.2) is 0 Å². The van der Waals surface area contributed by atoms with E-state index in [4.69, 9.17) is 11.0 Å². The highest BCUT2D eigenvalue weighted by Crippen LogP contribution is 2.31. The third kappa shape index (κ3) is 7.08. The van der Waals surface area contributed by atoms with E-state index >= 15 is 0 Å². The molecule has 0 aliphatic heterocycles. The Bertz CT molecular complexity index is 1500. The number of amides is 3. The van der Waals surface area contributed by atoms with Gasteiger partial charge in [0.25, 0.3) is 0 Å². The summed E-state index contributed by atoms with van der Waals surface area (Å²) in [7, 11) is 0. The Kier molecular flexibility index (Phi) is 8.55. The number of benzene rings is 2. The van der Waals surface area contributed by atoms with Gasteiger partial charge >= 0.3 is 6.03 Å². The molecule has 2 aromatic carbocycles. The van der Waals surface area contributed by atoms with E-state index < -0.39 is 5.91 Å². The number of aromatic nitrogens is 3. The van der Waals surface area contributed by atoms with Crippen LogP contribution in [0.2, 0.25) is 0 Å². The van der Waals surface area contributed by atoms with Gasteiger partial charge in [0.1, 0.15) is 18.4 Å². The number of nitrogens with zero attached hydrogens (tertiary/aromatic N) is 5. The minimum Gasteiger partial charge on any atom is -0.368 e. The number of carbonyl (C=O) groups excluding carboxylic acids is 2. The predicted octanol–water partition coefficient (Wildman–Crippen LogP) is 4.44. The van der Waals surface area contributed by atoms with Crippen LogP contribution < -0.4 is 21.3 Å². The maximum absolute atomic E-state index is 13.6. The number of urea groups is 1. The van der Waals surface area contributed by atoms with Crippen LogP contribution in [0.25, 0.3) is 11.1 Å². The molecule has 3 amide bonds. The maximum atomic E-state index is 13.6. The van der Waals surface area contributed by atoms with E-state index in [-0.39, 0.29) is 24.7 Å². The van der Waals surface area contributed by atoms with Crippen molar-refractivity contribution in [2.24, 2.45) is 5.73 Å². The van der Waals surface area contributed by atoms with Crippen molar-refractivity contribution in [3.05, 3.63) is 96.4 Å². The molecular formula is C31H32N8O2. The largest absolute Gasteiger partial charge is 0.368 e. The first kappa shape index (κ1) is 27.4. The highest BCUT2D eigenvalue weighted by Gasteiger charge is 2.30. The lowest BCUT2D eigenvalue weighted by molar-refractivity contribution is -0.118. The Labute approximate surface area is 238 Å². The molecule has 2 heterocycles. The Hall–Kier alpha value is -5.17. The number of rotatable bonds is 9. The quantitative estimate of drug-likeness (QED) is 0.282. The molecule has 0 spiro atoms. The first-order valence-electron chi connectivity index (χ1n) is 13.6. The van der Waals surface area contributed by atoms with E-state index in [1.54, 1.807) is 24.7 Å². The Balaban J connectivity index is 1.29. The lowest BCUT2D eigenvalue weighted by atomic mass is 9.89. The molecule has 10 nitrogen and oxygen atoms in total. The number of nitrogens with two attached hydrogens (primary N) is 1. The molecule has 208 valence electrons. The zero-order valence-corrected chi connectivity index (χ0v) is 22.6. The number of nitrogens with one attached hydrogen (secondary N) is 2. The van der Waals surface area contributed by atoms with Crippen molar-refractivity contribution >= 4 is 23.4 Å². The van der Waals surface area contributed by atoms with E-state index in [1.807, 2.05) is 65.6 Å². The molecule has 0 unspecified atom stereocenters. The van der Waals surface area contributed by atoms with Crippen LogP contribution in [0.1, 0.15) is 36.8 Å². The van der Waals surface area contributed by atoms with Crippen molar-refractivity contribution in [2.45, 2.75) is 50.9 Å². The molecule has 1 saturated carbocycles. The topological polar surface area (TPSA) is 142 Å². The van der Waals surface area contributed by atoms with Crippen LogP contribution in [0.3, 0.4) is 0 Å². The summed E-state index contributed by atoms with van der Waals surface area (Å²) < 4.78 is 1.51. The zero-order chi connectivity index (χ0) is 28.6. The van der Waals surface area contributed by atoms with E-state index in [0.717, 1.165) is 53.9 Å². The number of anilines is 2. The molecule has 0 bridgehead atoms. The average Bonchev–Trinajstić information content (AvgIpc) is 3.46. The predicted molar refractivity (Wildman–Crippen MR) is 157 cm³/mol. The van der Waals surface area contributed by atoms with Crippen LogP contribution in [0.15, 0.2) is 85.3 Å². The lowest BCUT2D eigenvalue weighted by Gasteiger charge is -2.37. The minimum atomic E-state index is -0.453. The van der Waals surface area contributed by atoms with Gasteiger partial charge in [-0.2, -0.15) is 10.4 Å². The molecule has 4 aromatic rings. The SMILES string of the molecule is N#Cc1ccc(N[C@H]2CC[C@H](N(C(=O)NCc3ccccc3)c3ccc(-c4cnn(CC(N)=O)c4)cc3)CC2)nc1. The fourth-order valence-electron chi connectivity index (χ4n) is 5.16. The summed E-state index contributed by atoms with van der Waals surface area (Å²) in [5.41, 5.74) is 9.45. The summed E-state index contributed by atoms with van der Waals surface area (Å²) in [6, 6.07) is 23.5. The summed E-state index contributed by atoms with van der Waals surface area (Å²) in [5.74, 6) is 0.296. The monoisotopic (exact) mass is 548 g/mol. The summed E-state index contributed by atoms with van der Waals surface area (Å²) >= 11 is 0. The molecule has 0 radical (unpaired) electrons. The standard InChI is InChI=1S/C31H32N8O2/c32-16-23-6-15-30(34-18-23)37-26-9-13-28(14-10-26)39(31(41)35-17-22-4-2-1-3-5-22)27-11-7-24(8-12-27)25-19-36-38(20-25)21-29(33)40/h1-8,11-12,15,18-20,26,28H,9-10,13-14,17,21H2,(H2,33,40)(H,34,37)(H,35,41)/t26-,28-. The van der Waals surface area contributed by atoms with Crippen molar-refractivity contribution in [3.8, 4) is 17.2 Å². The van der Waals surface area contributed by atoms with Crippen molar-refractivity contribution in [3.63, 3.8) is 0 Å². The smallest absolute Gasteiger partial charge is 0.322 e. The lowest BCUT2D eigenvalue weighted by Crippen LogP contribution is -2.48. The summed E-state index contributed by atoms with van der Waals surface area (Å²) in [6.45, 7) is 0.459. The fraction of sp³-hybridized carbons (Fsp3) is 0.258. The van der Waals surface area contributed by atoms with Crippen molar-refractivity contribution < 1.29 is 9.59 Å². The van der Waals surface area contributed by atoms with Crippen LogP contribution in [0.4, 0.5) is 16.3 Å². The first-order valence-corrected chi connectivity index (χ1v) is 13.6. The molecule has 1 aliphatic carbocycles. The Morgan fingerprint density at radius 3 is 2.39 bits per heavy atom. The number of hydrogen-bond donors (Lipinski definition) is 3. The molecule has 1 aliphatic rings. The van der Waals surface area contributed by atoms with Gasteiger partial charge in [-0.15, -0.1) is 0 Å². The van der Waals surface area contributed by atoms with Crippen molar-refractivity contribution in [1.29, 1.82) is 5.26 Å². The maximum Gasteiger partial charge on any atom is 0.322 e. The van der Waals surface area contributed by atoms with Gasteiger partial charge in [0.05, 0.1) is 11.8 Å². The number of hydrogen-bond acceptors (Lipinski definition) is 6. The average molecular weight is 549 g/mol. The number of primary amides is 1. The van der Waals surface area contributed by atoms with E-state index in [2.05, 4.69) is 26.8 Å². The molecule has 2 aromatic heterocycles. The van der Waals surface area contributed by atoms with Crippen LogP contribution in [-0.2, 0) is 17.9 Å². The van der Waals surface area contributed by atoms with Crippen molar-refractivity contribution in [1.82, 2.24) is 20.1 Å². The second kappa shape index (κ2) is 12.8. The zero-order valence-electron chi connectivity index (χ0n) is 22.6.